The summed E-state index contributed by atoms with van der Waals surface area (Å²) in [7, 11) is 1.95. The van der Waals surface area contributed by atoms with Gasteiger partial charge in [-0.2, -0.15) is 0 Å². The molecule has 2 heterocycles. The summed E-state index contributed by atoms with van der Waals surface area (Å²) in [6.07, 6.45) is -12.3. The van der Waals surface area contributed by atoms with Crippen molar-refractivity contribution in [2.24, 2.45) is 0 Å². The fraction of sp³-hybridized carbons (Fsp3) is 0.756. The van der Waals surface area contributed by atoms with Crippen molar-refractivity contribution >= 4 is 128 Å². The zero-order valence-electron chi connectivity index (χ0n) is 45.5. The van der Waals surface area contributed by atoms with Gasteiger partial charge in [-0.25, -0.2) is 8.42 Å². The third-order valence-corrected chi connectivity index (χ3v) is 16.9. The number of nitrogens with zero attached hydrogens (tertiary/aromatic N) is 1. The van der Waals surface area contributed by atoms with Gasteiger partial charge in [0.25, 0.3) is 0 Å². The average Bonchev–Trinajstić information content (AvgIpc) is 3.36. The summed E-state index contributed by atoms with van der Waals surface area (Å²) >= 11 is 0. The monoisotopic (exact) mass is 1260 g/mol. The molecular formula is C45H70N4O25S6. The first-order chi connectivity index (χ1) is 37.6. The minimum absolute atomic E-state index is 0.0194. The van der Waals surface area contributed by atoms with Crippen LogP contribution in [0.5, 0.6) is 0 Å². The highest BCUT2D eigenvalue weighted by Gasteiger charge is 2.54. The lowest BCUT2D eigenvalue weighted by Gasteiger charge is -2.44. The van der Waals surface area contributed by atoms with E-state index in [0.717, 1.165) is 61.6 Å². The van der Waals surface area contributed by atoms with Gasteiger partial charge in [-0.15, -0.1) is 0 Å². The van der Waals surface area contributed by atoms with Crippen LogP contribution in [-0.2, 0) is 118 Å². The Hall–Kier alpha value is -4.33. The van der Waals surface area contributed by atoms with Gasteiger partial charge >= 0.3 is 47.8 Å². The second kappa shape index (κ2) is 38.4. The van der Waals surface area contributed by atoms with E-state index >= 15 is 0 Å². The maximum atomic E-state index is 12.8. The van der Waals surface area contributed by atoms with Crippen molar-refractivity contribution in [2.75, 3.05) is 101 Å². The summed E-state index contributed by atoms with van der Waals surface area (Å²) in [6.45, 7) is 9.35. The summed E-state index contributed by atoms with van der Waals surface area (Å²) < 4.78 is 89.1. The molecule has 2 aliphatic heterocycles. The number of amides is 3. The molecule has 3 N–H and O–H groups in total. The fourth-order valence-electron chi connectivity index (χ4n) is 7.06. The molecule has 2 saturated heterocycles. The zero-order chi connectivity index (χ0) is 60.0. The Morgan fingerprint density at radius 3 is 1.06 bits per heavy atom. The van der Waals surface area contributed by atoms with Crippen LogP contribution in [0, 0.1) is 0 Å². The predicted molar refractivity (Wildman–Crippen MR) is 288 cm³/mol. The van der Waals surface area contributed by atoms with Crippen LogP contribution in [0.1, 0.15) is 55.4 Å². The molecule has 0 aromatic rings. The van der Waals surface area contributed by atoms with Gasteiger partial charge in [0.1, 0.15) is 25.4 Å². The third kappa shape index (κ3) is 31.2. The van der Waals surface area contributed by atoms with E-state index in [-0.39, 0.29) is 80.0 Å². The average molecular weight is 1260 g/mol. The van der Waals surface area contributed by atoms with E-state index in [1.165, 1.54) is 43.2 Å². The van der Waals surface area contributed by atoms with Crippen LogP contribution < -0.4 is 16.0 Å². The van der Waals surface area contributed by atoms with Crippen molar-refractivity contribution in [3.63, 3.8) is 0 Å². The van der Waals surface area contributed by atoms with Crippen molar-refractivity contribution < 1.29 is 118 Å². The number of hydrogen-bond donors (Lipinski definition) is 3. The van der Waals surface area contributed by atoms with Gasteiger partial charge < -0.3 is 72.8 Å². The Balaban J connectivity index is 1.92. The van der Waals surface area contributed by atoms with E-state index in [1.54, 1.807) is 0 Å². The van der Waals surface area contributed by atoms with E-state index < -0.39 is 137 Å². The van der Waals surface area contributed by atoms with Gasteiger partial charge in [-0.05, 0) is 10.8 Å². The topological polar surface area (TPSA) is 372 Å². The van der Waals surface area contributed by atoms with Gasteiger partial charge in [-0.1, -0.05) is 43.2 Å². The van der Waals surface area contributed by atoms with Gasteiger partial charge in [-0.3, -0.25) is 57.6 Å². The van der Waals surface area contributed by atoms with Crippen molar-refractivity contribution in [1.82, 2.24) is 20.9 Å². The Morgan fingerprint density at radius 2 is 0.750 bits per heavy atom. The van der Waals surface area contributed by atoms with Crippen LogP contribution in [0.15, 0.2) is 0 Å². The van der Waals surface area contributed by atoms with E-state index in [0.29, 0.717) is 23.9 Å². The molecule has 0 aromatic carbocycles. The molecule has 2 aliphatic rings. The number of esters is 8. The highest BCUT2D eigenvalue weighted by Crippen LogP contribution is 2.32. The molecule has 3 amide bonds. The highest BCUT2D eigenvalue weighted by atomic mass is 33.1. The van der Waals surface area contributed by atoms with Gasteiger partial charge in [0, 0.05) is 112 Å². The molecular weight excluding hydrogens is 1190 g/mol. The lowest BCUT2D eigenvalue weighted by atomic mass is 9.98. The first-order valence-corrected chi connectivity index (χ1v) is 32.7. The van der Waals surface area contributed by atoms with Crippen molar-refractivity contribution in [1.29, 1.82) is 0 Å². The molecule has 0 bridgehead atoms. The normalized spacial score (nSPS) is 22.6. The molecule has 10 atom stereocenters. The molecule has 0 radical (unpaired) electrons. The Bertz CT molecular complexity index is 2080. The first kappa shape index (κ1) is 71.8. The molecule has 0 aliphatic carbocycles. The predicted octanol–water partition coefficient (Wildman–Crippen LogP) is -0.708. The standard InChI is InChI=1S/C45H70N4O25S6/c1-25(50)65-20-33-38(67-27(3)52)40(69-29(5)54)42(71-31(7)56)44(73-33)63-16-18-75-77-22-35(58)46-10-13-49(15-12-48-37(60)24-79-80(9,61)62)14-11-47-36(59)23-78-76-19-17-64-45-43(72-32(8)57)41(70-30(6)55)39(68-28(4)53)34(74-45)21-66-26(2)51/h33-34,38-45H,10-24H2,1-9H3,(H,46,58)(H,47,59)(H,48,60)/t33-,34-,38-,39-,40+,41+,42+,43+,44+,45+/m1/s1. The van der Waals surface area contributed by atoms with Crippen LogP contribution >= 0.6 is 54.0 Å². The van der Waals surface area contributed by atoms with Crippen LogP contribution in [0.3, 0.4) is 0 Å². The molecule has 456 valence electrons. The quantitative estimate of drug-likeness (QED) is 0.0302. The Kier molecular flexibility index (Phi) is 34.5. The molecule has 0 unspecified atom stereocenters. The molecule has 0 saturated carbocycles. The third-order valence-electron chi connectivity index (χ3n) is 10.00. The van der Waals surface area contributed by atoms with E-state index in [9.17, 15) is 61.2 Å². The molecule has 2 fully saturated rings. The maximum Gasteiger partial charge on any atom is 0.303 e. The summed E-state index contributed by atoms with van der Waals surface area (Å²) in [5.74, 6) is -6.91. The number of carbonyl (C=O) groups is 11. The van der Waals surface area contributed by atoms with Crippen LogP contribution in [0.2, 0.25) is 0 Å². The van der Waals surface area contributed by atoms with Gasteiger partial charge in [0.2, 0.25) is 17.7 Å². The smallest absolute Gasteiger partial charge is 0.303 e. The number of rotatable bonds is 36. The number of nitrogens with one attached hydrogen (secondary N) is 3. The van der Waals surface area contributed by atoms with Crippen LogP contribution in [0.4, 0.5) is 0 Å². The molecule has 35 heteroatoms. The number of carbonyl (C=O) groups excluding carboxylic acids is 11. The second-order valence-corrected chi connectivity index (χ2v) is 26.5. The van der Waals surface area contributed by atoms with Crippen molar-refractivity contribution in [2.45, 2.75) is 117 Å². The van der Waals surface area contributed by atoms with Gasteiger partial charge in [0.05, 0.1) is 30.5 Å². The van der Waals surface area contributed by atoms with E-state index in [2.05, 4.69) is 16.0 Å². The van der Waals surface area contributed by atoms with E-state index in [4.69, 9.17) is 56.8 Å². The summed E-state index contributed by atoms with van der Waals surface area (Å²) in [5, 5.41) is 8.27. The molecule has 80 heavy (non-hydrogen) atoms. The lowest BCUT2D eigenvalue weighted by Crippen LogP contribution is -2.63. The molecule has 2 rings (SSSR count). The Morgan fingerprint density at radius 1 is 0.438 bits per heavy atom. The zero-order valence-corrected chi connectivity index (χ0v) is 50.4. The summed E-state index contributed by atoms with van der Waals surface area (Å²) in [4.78, 5) is 135. The maximum absolute atomic E-state index is 12.8. The minimum Gasteiger partial charge on any atom is -0.463 e. The molecule has 0 aromatic heterocycles. The summed E-state index contributed by atoms with van der Waals surface area (Å²) in [6, 6.07) is 0. The Labute approximate surface area is 482 Å². The van der Waals surface area contributed by atoms with Crippen molar-refractivity contribution in [3.05, 3.63) is 0 Å². The minimum atomic E-state index is -3.45. The van der Waals surface area contributed by atoms with Gasteiger partial charge in [0.15, 0.2) is 58.1 Å². The number of hydrogen-bond acceptors (Lipinski definition) is 31. The highest BCUT2D eigenvalue weighted by molar-refractivity contribution is 8.77. The largest absolute Gasteiger partial charge is 0.463 e. The van der Waals surface area contributed by atoms with E-state index in [1.807, 2.05) is 4.90 Å². The van der Waals surface area contributed by atoms with Crippen LogP contribution in [-0.4, -0.2) is 241 Å². The molecule has 0 spiro atoms. The lowest BCUT2D eigenvalue weighted by molar-refractivity contribution is -0.307. The number of ether oxygens (including phenoxy) is 12. The fourth-order valence-corrected chi connectivity index (χ4v) is 11.9. The second-order valence-electron chi connectivity index (χ2n) is 16.9. The van der Waals surface area contributed by atoms with Crippen molar-refractivity contribution in [3.8, 4) is 0 Å². The molecule has 29 nitrogen and oxygen atoms in total. The SMILES string of the molecule is CC(=O)OC[C@H]1O[C@H](OCCSSCC(=O)NCCN(CCNC(=O)CSSCCO[C@H]2O[C@H](COC(C)=O)[C@@H](OC(C)=O)[C@H](OC(C)=O)[C@@H]2OC(C)=O)CCNC(=O)CSS(C)(=O)=O)[C@@H](OC(C)=O)[C@@H](OC(C)=O)[C@@H]1OC(C)=O. The first-order valence-electron chi connectivity index (χ1n) is 24.3. The van der Waals surface area contributed by atoms with Crippen LogP contribution in [0.25, 0.3) is 0 Å². The summed E-state index contributed by atoms with van der Waals surface area (Å²) in [5.41, 5.74) is 0.